The molecule has 0 aliphatic carbocycles. The number of rotatable bonds is 4. The van der Waals surface area contributed by atoms with E-state index in [1.807, 2.05) is 12.1 Å². The molecule has 5 heteroatoms. The fourth-order valence-corrected chi connectivity index (χ4v) is 2.64. The van der Waals surface area contributed by atoms with E-state index in [0.717, 1.165) is 35.6 Å². The minimum Gasteiger partial charge on any atom is -0.339 e. The molecule has 0 radical (unpaired) electrons. The van der Waals surface area contributed by atoms with E-state index in [9.17, 15) is 0 Å². The number of halogens is 1. The molecule has 1 N–H and O–H groups in total. The Hall–Kier alpha value is -1.20. The smallest absolute Gasteiger partial charge is 0.228 e. The van der Waals surface area contributed by atoms with Gasteiger partial charge < -0.3 is 9.84 Å². The Kier molecular flexibility index (Phi) is 3.94. The van der Waals surface area contributed by atoms with Crippen molar-refractivity contribution in [2.24, 2.45) is 0 Å². The first-order chi connectivity index (χ1) is 9.29. The molecule has 1 aliphatic heterocycles. The second kappa shape index (κ2) is 5.84. The van der Waals surface area contributed by atoms with Crippen LogP contribution in [-0.2, 0) is 12.8 Å². The van der Waals surface area contributed by atoms with Gasteiger partial charge in [-0.1, -0.05) is 33.2 Å². The van der Waals surface area contributed by atoms with Crippen LogP contribution < -0.4 is 5.32 Å². The van der Waals surface area contributed by atoms with Gasteiger partial charge in [-0.05, 0) is 37.1 Å². The molecule has 100 valence electrons. The molecule has 1 aliphatic rings. The van der Waals surface area contributed by atoms with Crippen molar-refractivity contribution < 1.29 is 4.52 Å². The van der Waals surface area contributed by atoms with Crippen LogP contribution in [0, 0.1) is 0 Å². The molecule has 2 heterocycles. The van der Waals surface area contributed by atoms with Crippen LogP contribution in [0.25, 0.3) is 0 Å². The minimum atomic E-state index is 0.501. The summed E-state index contributed by atoms with van der Waals surface area (Å²) in [6, 6.07) is 8.69. The van der Waals surface area contributed by atoms with Gasteiger partial charge in [0, 0.05) is 23.4 Å². The molecule has 2 aromatic rings. The summed E-state index contributed by atoms with van der Waals surface area (Å²) in [5.74, 6) is 1.50. The predicted molar refractivity (Wildman–Crippen MR) is 76.0 cm³/mol. The van der Waals surface area contributed by atoms with Crippen molar-refractivity contribution in [3.63, 3.8) is 0 Å². The highest BCUT2D eigenvalue weighted by molar-refractivity contribution is 9.10. The van der Waals surface area contributed by atoms with Crippen LogP contribution in [0.5, 0.6) is 0 Å². The first-order valence-electron chi connectivity index (χ1n) is 6.59. The van der Waals surface area contributed by atoms with Crippen LogP contribution >= 0.6 is 15.9 Å². The molecule has 1 unspecified atom stereocenters. The van der Waals surface area contributed by atoms with Gasteiger partial charge in [0.15, 0.2) is 5.82 Å². The minimum absolute atomic E-state index is 0.501. The largest absolute Gasteiger partial charge is 0.339 e. The van der Waals surface area contributed by atoms with Gasteiger partial charge in [0.2, 0.25) is 5.89 Å². The molecule has 1 saturated heterocycles. The topological polar surface area (TPSA) is 51.0 Å². The van der Waals surface area contributed by atoms with Crippen LogP contribution in [0.4, 0.5) is 0 Å². The Bertz CT molecular complexity index is 532. The van der Waals surface area contributed by atoms with E-state index in [1.54, 1.807) is 0 Å². The summed E-state index contributed by atoms with van der Waals surface area (Å²) in [6.07, 6.45) is 4.00. The van der Waals surface area contributed by atoms with Gasteiger partial charge >= 0.3 is 0 Å². The van der Waals surface area contributed by atoms with E-state index in [4.69, 9.17) is 4.52 Å². The number of benzene rings is 1. The van der Waals surface area contributed by atoms with Crippen molar-refractivity contribution in [1.29, 1.82) is 0 Å². The van der Waals surface area contributed by atoms with Gasteiger partial charge in [0.25, 0.3) is 0 Å². The maximum atomic E-state index is 5.31. The average Bonchev–Trinajstić information content (AvgIpc) is 3.05. The van der Waals surface area contributed by atoms with Crippen molar-refractivity contribution in [2.45, 2.75) is 31.7 Å². The van der Waals surface area contributed by atoms with E-state index >= 15 is 0 Å². The number of hydrogen-bond acceptors (Lipinski definition) is 4. The average molecular weight is 322 g/mol. The number of hydrogen-bond donors (Lipinski definition) is 1. The molecule has 3 rings (SSSR count). The first-order valence-corrected chi connectivity index (χ1v) is 7.38. The maximum absolute atomic E-state index is 5.31. The fourth-order valence-electron chi connectivity index (χ4n) is 2.37. The van der Waals surface area contributed by atoms with E-state index in [2.05, 4.69) is 43.5 Å². The molecule has 4 nitrogen and oxygen atoms in total. The lowest BCUT2D eigenvalue weighted by Gasteiger charge is -2.04. The predicted octanol–water partition coefficient (Wildman–Crippen LogP) is 2.72. The standard InChI is InChI=1S/C14H16BrN3O/c15-11-5-3-10(4-6-11)8-13-17-14(19-18-13)9-12-2-1-7-16-12/h3-6,12,16H,1-2,7-9H2. The lowest BCUT2D eigenvalue weighted by atomic mass is 10.1. The zero-order chi connectivity index (χ0) is 13.1. The van der Waals surface area contributed by atoms with Gasteiger partial charge in [-0.15, -0.1) is 0 Å². The SMILES string of the molecule is Brc1ccc(Cc2noc(CC3CCCN3)n2)cc1. The second-order valence-corrected chi connectivity index (χ2v) is 5.82. The zero-order valence-electron chi connectivity index (χ0n) is 10.6. The highest BCUT2D eigenvalue weighted by atomic mass is 79.9. The van der Waals surface area contributed by atoms with Gasteiger partial charge in [-0.25, -0.2) is 0 Å². The molecule has 0 amide bonds. The van der Waals surface area contributed by atoms with Crippen LogP contribution in [0.3, 0.4) is 0 Å². The number of aromatic nitrogens is 2. The normalized spacial score (nSPS) is 18.9. The summed E-state index contributed by atoms with van der Waals surface area (Å²) in [5.41, 5.74) is 1.19. The first kappa shape index (κ1) is 12.8. The van der Waals surface area contributed by atoms with Crippen molar-refractivity contribution in [2.75, 3.05) is 6.54 Å². The van der Waals surface area contributed by atoms with Crippen molar-refractivity contribution in [1.82, 2.24) is 15.5 Å². The second-order valence-electron chi connectivity index (χ2n) is 4.90. The van der Waals surface area contributed by atoms with Gasteiger partial charge in [0.05, 0.1) is 0 Å². The van der Waals surface area contributed by atoms with Crippen LogP contribution in [0.1, 0.15) is 30.1 Å². The Labute approximate surface area is 120 Å². The maximum Gasteiger partial charge on any atom is 0.228 e. The van der Waals surface area contributed by atoms with E-state index < -0.39 is 0 Å². The Morgan fingerprint density at radius 3 is 2.89 bits per heavy atom. The molecule has 0 bridgehead atoms. The number of nitrogens with zero attached hydrogens (tertiary/aromatic N) is 2. The Morgan fingerprint density at radius 1 is 1.32 bits per heavy atom. The summed E-state index contributed by atoms with van der Waals surface area (Å²) in [7, 11) is 0. The van der Waals surface area contributed by atoms with Crippen molar-refractivity contribution in [3.8, 4) is 0 Å². The summed E-state index contributed by atoms with van der Waals surface area (Å²) < 4.78 is 6.39. The molecular formula is C14H16BrN3O. The van der Waals surface area contributed by atoms with Gasteiger partial charge in [-0.3, -0.25) is 0 Å². The summed E-state index contributed by atoms with van der Waals surface area (Å²) in [5, 5.41) is 7.49. The summed E-state index contributed by atoms with van der Waals surface area (Å²) in [6.45, 7) is 1.10. The highest BCUT2D eigenvalue weighted by Gasteiger charge is 2.18. The molecule has 0 saturated carbocycles. The van der Waals surface area contributed by atoms with Crippen molar-refractivity contribution in [3.05, 3.63) is 46.0 Å². The van der Waals surface area contributed by atoms with Crippen LogP contribution in [0.15, 0.2) is 33.3 Å². The molecule has 1 aromatic heterocycles. The molecule has 19 heavy (non-hydrogen) atoms. The van der Waals surface area contributed by atoms with E-state index in [-0.39, 0.29) is 0 Å². The third-order valence-electron chi connectivity index (χ3n) is 3.37. The molecule has 1 fully saturated rings. The molecule has 0 spiro atoms. The summed E-state index contributed by atoms with van der Waals surface area (Å²) >= 11 is 3.43. The summed E-state index contributed by atoms with van der Waals surface area (Å²) in [4.78, 5) is 4.46. The lowest BCUT2D eigenvalue weighted by molar-refractivity contribution is 0.360. The Balaban J connectivity index is 1.62. The third kappa shape index (κ3) is 3.42. The fraction of sp³-hybridized carbons (Fsp3) is 0.429. The van der Waals surface area contributed by atoms with Crippen molar-refractivity contribution >= 4 is 15.9 Å². The van der Waals surface area contributed by atoms with E-state index in [1.165, 1.54) is 18.4 Å². The van der Waals surface area contributed by atoms with Gasteiger partial charge in [0.1, 0.15) is 0 Å². The quantitative estimate of drug-likeness (QED) is 0.940. The van der Waals surface area contributed by atoms with Crippen LogP contribution in [0.2, 0.25) is 0 Å². The van der Waals surface area contributed by atoms with Crippen LogP contribution in [-0.4, -0.2) is 22.7 Å². The Morgan fingerprint density at radius 2 is 2.16 bits per heavy atom. The number of nitrogens with one attached hydrogen (secondary N) is 1. The zero-order valence-corrected chi connectivity index (χ0v) is 12.2. The third-order valence-corrected chi connectivity index (χ3v) is 3.90. The van der Waals surface area contributed by atoms with Gasteiger partial charge in [-0.2, -0.15) is 4.98 Å². The molecule has 1 aromatic carbocycles. The monoisotopic (exact) mass is 321 g/mol. The highest BCUT2D eigenvalue weighted by Crippen LogP contribution is 2.14. The van der Waals surface area contributed by atoms with E-state index in [0.29, 0.717) is 6.04 Å². The molecular weight excluding hydrogens is 306 g/mol. The lowest BCUT2D eigenvalue weighted by Crippen LogP contribution is -2.23. The molecule has 1 atom stereocenters.